The van der Waals surface area contributed by atoms with E-state index in [2.05, 4.69) is 5.32 Å². The van der Waals surface area contributed by atoms with Crippen LogP contribution in [0.2, 0.25) is 0 Å². The number of hydrogen-bond donors (Lipinski definition) is 1. The van der Waals surface area contributed by atoms with Crippen LogP contribution in [0.3, 0.4) is 0 Å². The molecule has 1 unspecified atom stereocenters. The van der Waals surface area contributed by atoms with Crippen LogP contribution in [0, 0.1) is 18.6 Å². The van der Waals surface area contributed by atoms with E-state index in [1.807, 2.05) is 19.9 Å². The highest BCUT2D eigenvalue weighted by atomic mass is 19.1. The van der Waals surface area contributed by atoms with E-state index in [0.717, 1.165) is 29.7 Å². The van der Waals surface area contributed by atoms with Gasteiger partial charge in [-0.3, -0.25) is 0 Å². The van der Waals surface area contributed by atoms with Crippen molar-refractivity contribution >= 4 is 0 Å². The summed E-state index contributed by atoms with van der Waals surface area (Å²) in [6.45, 7) is 4.77. The summed E-state index contributed by atoms with van der Waals surface area (Å²) in [5.74, 6) is -0.449. The molecule has 2 rings (SSSR count). The van der Waals surface area contributed by atoms with Gasteiger partial charge >= 0.3 is 0 Å². The van der Waals surface area contributed by atoms with Gasteiger partial charge in [0.05, 0.1) is 0 Å². The molecular weight excluding hydrogens is 256 g/mol. The molecule has 0 aliphatic carbocycles. The van der Waals surface area contributed by atoms with Gasteiger partial charge in [-0.15, -0.1) is 0 Å². The SMILES string of the molecule is CCNC(Cc1ccc(F)cc1)c1ccc(F)cc1C. The minimum atomic E-state index is -0.230. The first-order valence-corrected chi connectivity index (χ1v) is 6.84. The summed E-state index contributed by atoms with van der Waals surface area (Å²) in [6.07, 6.45) is 0.751. The number of aryl methyl sites for hydroxylation is 1. The van der Waals surface area contributed by atoms with Gasteiger partial charge in [0.15, 0.2) is 0 Å². The van der Waals surface area contributed by atoms with Crippen LogP contribution in [-0.2, 0) is 6.42 Å². The monoisotopic (exact) mass is 275 g/mol. The Morgan fingerprint density at radius 3 is 2.25 bits per heavy atom. The van der Waals surface area contributed by atoms with Crippen molar-refractivity contribution in [2.24, 2.45) is 0 Å². The van der Waals surface area contributed by atoms with Gasteiger partial charge in [-0.2, -0.15) is 0 Å². The molecule has 106 valence electrons. The molecule has 2 aromatic rings. The molecule has 3 heteroatoms. The fourth-order valence-electron chi connectivity index (χ4n) is 2.42. The summed E-state index contributed by atoms with van der Waals surface area (Å²) in [7, 11) is 0. The number of nitrogens with one attached hydrogen (secondary N) is 1. The molecule has 20 heavy (non-hydrogen) atoms. The number of benzene rings is 2. The lowest BCUT2D eigenvalue weighted by Crippen LogP contribution is -2.23. The molecule has 1 nitrogen and oxygen atoms in total. The van der Waals surface area contributed by atoms with Crippen LogP contribution in [0.25, 0.3) is 0 Å². The fraction of sp³-hybridized carbons (Fsp3) is 0.294. The molecule has 0 fully saturated rings. The van der Waals surface area contributed by atoms with E-state index in [0.29, 0.717) is 0 Å². The van der Waals surface area contributed by atoms with Crippen molar-refractivity contribution in [3.63, 3.8) is 0 Å². The Labute approximate surface area is 118 Å². The molecule has 0 aromatic heterocycles. The maximum absolute atomic E-state index is 13.2. The molecule has 0 aliphatic heterocycles. The second-order valence-corrected chi connectivity index (χ2v) is 4.94. The van der Waals surface area contributed by atoms with Crippen LogP contribution in [0.4, 0.5) is 8.78 Å². The lowest BCUT2D eigenvalue weighted by molar-refractivity contribution is 0.543. The Balaban J connectivity index is 2.24. The van der Waals surface area contributed by atoms with Crippen molar-refractivity contribution in [1.29, 1.82) is 0 Å². The van der Waals surface area contributed by atoms with E-state index in [9.17, 15) is 8.78 Å². The Bertz CT molecular complexity index is 564. The number of rotatable bonds is 5. The van der Waals surface area contributed by atoms with Crippen LogP contribution in [0.15, 0.2) is 42.5 Å². The first kappa shape index (κ1) is 14.7. The average molecular weight is 275 g/mol. The number of hydrogen-bond acceptors (Lipinski definition) is 1. The van der Waals surface area contributed by atoms with E-state index in [1.165, 1.54) is 18.2 Å². The predicted molar refractivity (Wildman–Crippen MR) is 77.7 cm³/mol. The molecule has 0 saturated carbocycles. The van der Waals surface area contributed by atoms with Crippen molar-refractivity contribution < 1.29 is 8.78 Å². The highest BCUT2D eigenvalue weighted by Gasteiger charge is 2.14. The average Bonchev–Trinajstić information content (AvgIpc) is 2.41. The van der Waals surface area contributed by atoms with Crippen LogP contribution in [0.5, 0.6) is 0 Å². The van der Waals surface area contributed by atoms with Crippen molar-refractivity contribution in [3.05, 3.63) is 70.8 Å². The molecule has 0 heterocycles. The summed E-state index contributed by atoms with van der Waals surface area (Å²) in [6, 6.07) is 11.5. The topological polar surface area (TPSA) is 12.0 Å². The molecule has 2 aromatic carbocycles. The summed E-state index contributed by atoms with van der Waals surface area (Å²) in [5, 5.41) is 3.41. The van der Waals surface area contributed by atoms with Gasteiger partial charge < -0.3 is 5.32 Å². The third-order valence-corrected chi connectivity index (χ3v) is 3.41. The summed E-state index contributed by atoms with van der Waals surface area (Å²) in [5.41, 5.74) is 3.07. The largest absolute Gasteiger partial charge is 0.310 e. The minimum Gasteiger partial charge on any atom is -0.310 e. The summed E-state index contributed by atoms with van der Waals surface area (Å²) in [4.78, 5) is 0. The van der Waals surface area contributed by atoms with Crippen LogP contribution >= 0.6 is 0 Å². The summed E-state index contributed by atoms with van der Waals surface area (Å²) >= 11 is 0. The van der Waals surface area contributed by atoms with E-state index >= 15 is 0 Å². The molecule has 1 N–H and O–H groups in total. The summed E-state index contributed by atoms with van der Waals surface area (Å²) < 4.78 is 26.2. The van der Waals surface area contributed by atoms with Crippen molar-refractivity contribution in [3.8, 4) is 0 Å². The van der Waals surface area contributed by atoms with Crippen molar-refractivity contribution in [2.75, 3.05) is 6.54 Å². The van der Waals surface area contributed by atoms with Gasteiger partial charge in [-0.25, -0.2) is 8.78 Å². The van der Waals surface area contributed by atoms with Crippen LogP contribution in [-0.4, -0.2) is 6.54 Å². The maximum Gasteiger partial charge on any atom is 0.123 e. The highest BCUT2D eigenvalue weighted by Crippen LogP contribution is 2.22. The second-order valence-electron chi connectivity index (χ2n) is 4.94. The standard InChI is InChI=1S/C17H19F2N/c1-3-20-17(11-13-4-6-14(18)7-5-13)16-9-8-15(19)10-12(16)2/h4-10,17,20H,3,11H2,1-2H3. The molecule has 0 saturated heterocycles. The van der Waals surface area contributed by atoms with E-state index in [4.69, 9.17) is 0 Å². The smallest absolute Gasteiger partial charge is 0.123 e. The molecule has 0 radical (unpaired) electrons. The molecule has 0 amide bonds. The number of halogens is 2. The normalized spacial score (nSPS) is 12.4. The Morgan fingerprint density at radius 1 is 1.00 bits per heavy atom. The van der Waals surface area contributed by atoms with E-state index < -0.39 is 0 Å². The Kier molecular flexibility index (Phi) is 4.85. The molecule has 1 atom stereocenters. The zero-order valence-corrected chi connectivity index (χ0v) is 11.8. The van der Waals surface area contributed by atoms with E-state index in [1.54, 1.807) is 18.2 Å². The zero-order chi connectivity index (χ0) is 14.5. The van der Waals surface area contributed by atoms with E-state index in [-0.39, 0.29) is 17.7 Å². The highest BCUT2D eigenvalue weighted by molar-refractivity contribution is 5.31. The first-order chi connectivity index (χ1) is 9.60. The Morgan fingerprint density at radius 2 is 1.65 bits per heavy atom. The van der Waals surface area contributed by atoms with Crippen molar-refractivity contribution in [1.82, 2.24) is 5.32 Å². The third-order valence-electron chi connectivity index (χ3n) is 3.41. The minimum absolute atomic E-state index is 0.103. The van der Waals surface area contributed by atoms with Crippen molar-refractivity contribution in [2.45, 2.75) is 26.3 Å². The Hall–Kier alpha value is -1.74. The maximum atomic E-state index is 13.2. The molecule has 0 aliphatic rings. The lowest BCUT2D eigenvalue weighted by Gasteiger charge is -2.20. The predicted octanol–water partition coefficient (Wildman–Crippen LogP) is 4.17. The van der Waals surface area contributed by atoms with Gasteiger partial charge in [0, 0.05) is 6.04 Å². The zero-order valence-electron chi connectivity index (χ0n) is 11.8. The third kappa shape index (κ3) is 3.64. The molecule has 0 spiro atoms. The van der Waals surface area contributed by atoms with Gasteiger partial charge in [0.1, 0.15) is 11.6 Å². The van der Waals surface area contributed by atoms with Gasteiger partial charge in [-0.1, -0.05) is 25.1 Å². The first-order valence-electron chi connectivity index (χ1n) is 6.84. The van der Waals surface area contributed by atoms with Gasteiger partial charge in [0.2, 0.25) is 0 Å². The number of likely N-dealkylation sites (N-methyl/N-ethyl adjacent to an activating group) is 1. The lowest BCUT2D eigenvalue weighted by atomic mass is 9.95. The van der Waals surface area contributed by atoms with Crippen LogP contribution in [0.1, 0.15) is 29.7 Å². The van der Waals surface area contributed by atoms with Crippen LogP contribution < -0.4 is 5.32 Å². The molecular formula is C17H19F2N. The van der Waals surface area contributed by atoms with Gasteiger partial charge in [0.25, 0.3) is 0 Å². The fourth-order valence-corrected chi connectivity index (χ4v) is 2.42. The van der Waals surface area contributed by atoms with Gasteiger partial charge in [-0.05, 0) is 60.8 Å². The molecule has 0 bridgehead atoms. The second kappa shape index (κ2) is 6.62. The quantitative estimate of drug-likeness (QED) is 0.863.